The van der Waals surface area contributed by atoms with Crippen molar-refractivity contribution in [3.05, 3.63) is 75.7 Å². The zero-order chi connectivity index (χ0) is 25.8. The Morgan fingerprint density at radius 2 is 2.05 bits per heavy atom. The van der Waals surface area contributed by atoms with Crippen molar-refractivity contribution in [3.8, 4) is 6.07 Å². The van der Waals surface area contributed by atoms with E-state index in [-0.39, 0.29) is 35.7 Å². The predicted molar refractivity (Wildman–Crippen MR) is 138 cm³/mol. The molecule has 1 saturated heterocycles. The van der Waals surface area contributed by atoms with E-state index in [2.05, 4.69) is 21.5 Å². The number of nitrogens with one attached hydrogen (secondary N) is 1. The highest BCUT2D eigenvalue weighted by Gasteiger charge is 2.52. The number of benzene rings is 1. The Morgan fingerprint density at radius 1 is 1.24 bits per heavy atom. The van der Waals surface area contributed by atoms with Crippen molar-refractivity contribution in [2.45, 2.75) is 51.1 Å². The number of carbonyl (C=O) groups excluding carboxylic acids is 2. The standard InChI is InChI=1S/C28H27ClN6O2/c1-15-5-26(34-13-19-8-24(19)28(34)37)31-12-25(15)16(2)35-14-20(11-32-35)27(36)33-22-6-18(7-22)23-9-21(29)4-3-17(23)10-30/h3-5,9,11-12,14,16,18-19,22,24H,6-8,13H2,1-2H3,(H,33,36)/t16?,18-,19-,22+,24-/m1/s1. The third kappa shape index (κ3) is 4.27. The Kier molecular flexibility index (Phi) is 5.76. The van der Waals surface area contributed by atoms with Gasteiger partial charge in [-0.05, 0) is 85.9 Å². The first kappa shape index (κ1) is 23.7. The van der Waals surface area contributed by atoms with Gasteiger partial charge in [0, 0.05) is 35.9 Å². The Morgan fingerprint density at radius 3 is 2.76 bits per heavy atom. The Balaban J connectivity index is 1.08. The average molecular weight is 515 g/mol. The van der Waals surface area contributed by atoms with E-state index in [0.29, 0.717) is 27.9 Å². The summed E-state index contributed by atoms with van der Waals surface area (Å²) in [5.41, 5.74) is 4.11. The third-order valence-electron chi connectivity index (χ3n) is 8.09. The molecule has 6 rings (SSSR count). The lowest BCUT2D eigenvalue weighted by atomic mass is 9.74. The van der Waals surface area contributed by atoms with Crippen LogP contribution in [-0.4, -0.2) is 39.2 Å². The Bertz CT molecular complexity index is 1450. The minimum atomic E-state index is -0.162. The van der Waals surface area contributed by atoms with Crippen LogP contribution in [0.1, 0.15) is 70.8 Å². The molecule has 9 heteroatoms. The zero-order valence-electron chi connectivity index (χ0n) is 20.7. The van der Waals surface area contributed by atoms with Crippen molar-refractivity contribution >= 4 is 29.2 Å². The molecule has 1 aliphatic heterocycles. The molecule has 3 aromatic rings. The van der Waals surface area contributed by atoms with Gasteiger partial charge in [-0.25, -0.2) is 4.98 Å². The van der Waals surface area contributed by atoms with Crippen LogP contribution in [0.15, 0.2) is 42.9 Å². The van der Waals surface area contributed by atoms with Crippen molar-refractivity contribution < 1.29 is 9.59 Å². The van der Waals surface area contributed by atoms with E-state index >= 15 is 0 Å². The Labute approximate surface area is 220 Å². The number of hydrogen-bond donors (Lipinski definition) is 1. The lowest BCUT2D eigenvalue weighted by Crippen LogP contribution is -2.43. The number of carbonyl (C=O) groups is 2. The second-order valence-corrected chi connectivity index (χ2v) is 11.0. The highest BCUT2D eigenvalue weighted by molar-refractivity contribution is 6.30. The molecule has 3 aliphatic rings. The summed E-state index contributed by atoms with van der Waals surface area (Å²) in [7, 11) is 0. The highest BCUT2D eigenvalue weighted by atomic mass is 35.5. The van der Waals surface area contributed by atoms with Crippen LogP contribution in [0, 0.1) is 30.1 Å². The molecule has 3 heterocycles. The Hall–Kier alpha value is -3.70. The van der Waals surface area contributed by atoms with Crippen LogP contribution >= 0.6 is 11.6 Å². The van der Waals surface area contributed by atoms with Gasteiger partial charge in [0.1, 0.15) is 5.82 Å². The van der Waals surface area contributed by atoms with Gasteiger partial charge in [-0.15, -0.1) is 0 Å². The molecule has 1 N–H and O–H groups in total. The minimum absolute atomic E-state index is 0.0436. The lowest BCUT2D eigenvalue weighted by molar-refractivity contribution is -0.118. The predicted octanol–water partition coefficient (Wildman–Crippen LogP) is 4.38. The van der Waals surface area contributed by atoms with Crippen LogP contribution in [0.4, 0.5) is 5.82 Å². The van der Waals surface area contributed by atoms with Crippen LogP contribution in [0.25, 0.3) is 0 Å². The van der Waals surface area contributed by atoms with E-state index in [1.807, 2.05) is 32.2 Å². The maximum atomic E-state index is 12.9. The number of anilines is 1. The van der Waals surface area contributed by atoms with Crippen LogP contribution in [0.5, 0.6) is 0 Å². The van der Waals surface area contributed by atoms with Crippen molar-refractivity contribution in [2.24, 2.45) is 11.8 Å². The quantitative estimate of drug-likeness (QED) is 0.525. The molecule has 0 radical (unpaired) electrons. The van der Waals surface area contributed by atoms with E-state index < -0.39 is 0 Å². The van der Waals surface area contributed by atoms with E-state index in [1.54, 1.807) is 34.1 Å². The number of fused-ring (bicyclic) bond motifs is 1. The molecule has 3 fully saturated rings. The fourth-order valence-corrected chi connectivity index (χ4v) is 5.84. The molecule has 0 spiro atoms. The summed E-state index contributed by atoms with van der Waals surface area (Å²) in [4.78, 5) is 31.7. The third-order valence-corrected chi connectivity index (χ3v) is 8.33. The highest BCUT2D eigenvalue weighted by Crippen LogP contribution is 2.47. The summed E-state index contributed by atoms with van der Waals surface area (Å²) in [6.45, 7) is 4.80. The molecular weight excluding hydrogens is 488 g/mol. The number of halogens is 1. The van der Waals surface area contributed by atoms with Gasteiger partial charge < -0.3 is 5.32 Å². The maximum absolute atomic E-state index is 12.9. The molecule has 2 aromatic heterocycles. The molecule has 37 heavy (non-hydrogen) atoms. The summed E-state index contributed by atoms with van der Waals surface area (Å²) in [6.07, 6.45) is 7.70. The van der Waals surface area contributed by atoms with Crippen molar-refractivity contribution in [2.75, 3.05) is 11.4 Å². The van der Waals surface area contributed by atoms with Crippen LogP contribution < -0.4 is 10.2 Å². The van der Waals surface area contributed by atoms with Gasteiger partial charge in [0.2, 0.25) is 5.91 Å². The van der Waals surface area contributed by atoms with Crippen LogP contribution in [-0.2, 0) is 4.79 Å². The topological polar surface area (TPSA) is 104 Å². The van der Waals surface area contributed by atoms with Gasteiger partial charge in [0.05, 0.1) is 29.4 Å². The van der Waals surface area contributed by atoms with Crippen molar-refractivity contribution in [1.82, 2.24) is 20.1 Å². The SMILES string of the molecule is Cc1cc(N2C[C@H]3C[C@H]3C2=O)ncc1C(C)n1cc(C(=O)N[C@H]2C[C@@H](c3cc(Cl)ccc3C#N)C2)cn1. The normalized spacial score (nSPS) is 24.7. The van der Waals surface area contributed by atoms with E-state index in [4.69, 9.17) is 11.6 Å². The van der Waals surface area contributed by atoms with Crippen molar-refractivity contribution in [3.63, 3.8) is 0 Å². The van der Waals surface area contributed by atoms with Gasteiger partial charge in [-0.1, -0.05) is 11.6 Å². The van der Waals surface area contributed by atoms with Gasteiger partial charge in [-0.3, -0.25) is 19.2 Å². The van der Waals surface area contributed by atoms with E-state index in [0.717, 1.165) is 42.5 Å². The number of amides is 2. The second kappa shape index (κ2) is 9.00. The fraction of sp³-hybridized carbons (Fsp3) is 0.393. The number of aromatic nitrogens is 3. The number of pyridine rings is 1. The zero-order valence-corrected chi connectivity index (χ0v) is 21.4. The number of hydrogen-bond acceptors (Lipinski definition) is 5. The number of nitrogens with zero attached hydrogens (tertiary/aromatic N) is 5. The van der Waals surface area contributed by atoms with E-state index in [9.17, 15) is 14.9 Å². The van der Waals surface area contributed by atoms with Crippen LogP contribution in [0.3, 0.4) is 0 Å². The number of nitriles is 1. The smallest absolute Gasteiger partial charge is 0.254 e. The first-order chi connectivity index (χ1) is 17.8. The number of aryl methyl sites for hydroxylation is 1. The monoisotopic (exact) mass is 514 g/mol. The molecule has 2 aliphatic carbocycles. The van der Waals surface area contributed by atoms with Crippen molar-refractivity contribution in [1.29, 1.82) is 5.26 Å². The summed E-state index contributed by atoms with van der Waals surface area (Å²) >= 11 is 6.12. The van der Waals surface area contributed by atoms with Crippen LogP contribution in [0.2, 0.25) is 5.02 Å². The molecular formula is C28H27ClN6O2. The minimum Gasteiger partial charge on any atom is -0.349 e. The van der Waals surface area contributed by atoms with Gasteiger partial charge in [-0.2, -0.15) is 10.4 Å². The fourth-order valence-electron chi connectivity index (χ4n) is 5.66. The molecule has 2 amide bonds. The molecule has 1 unspecified atom stereocenters. The summed E-state index contributed by atoms with van der Waals surface area (Å²) in [5.74, 6) is 1.65. The average Bonchev–Trinajstić information content (AvgIpc) is 3.31. The largest absolute Gasteiger partial charge is 0.349 e. The summed E-state index contributed by atoms with van der Waals surface area (Å²) in [5, 5.41) is 17.5. The van der Waals surface area contributed by atoms with E-state index in [1.165, 1.54) is 0 Å². The molecule has 188 valence electrons. The number of piperidine rings is 1. The van der Waals surface area contributed by atoms with Gasteiger partial charge in [0.25, 0.3) is 5.91 Å². The summed E-state index contributed by atoms with van der Waals surface area (Å²) < 4.78 is 1.77. The maximum Gasteiger partial charge on any atom is 0.254 e. The number of rotatable bonds is 6. The molecule has 0 bridgehead atoms. The molecule has 2 saturated carbocycles. The molecule has 3 atom stereocenters. The summed E-state index contributed by atoms with van der Waals surface area (Å²) in [6, 6.07) is 9.44. The van der Waals surface area contributed by atoms with Gasteiger partial charge in [0.15, 0.2) is 0 Å². The molecule has 1 aromatic carbocycles. The second-order valence-electron chi connectivity index (χ2n) is 10.5. The molecule has 8 nitrogen and oxygen atoms in total. The first-order valence-corrected chi connectivity index (χ1v) is 13.0. The lowest BCUT2D eigenvalue weighted by Gasteiger charge is -2.36. The van der Waals surface area contributed by atoms with Gasteiger partial charge >= 0.3 is 0 Å². The first-order valence-electron chi connectivity index (χ1n) is 12.6.